The molecule has 0 saturated heterocycles. The second-order valence-corrected chi connectivity index (χ2v) is 7.27. The first-order valence-corrected chi connectivity index (χ1v) is 9.87. The van der Waals surface area contributed by atoms with E-state index in [9.17, 15) is 9.59 Å². The summed E-state index contributed by atoms with van der Waals surface area (Å²) in [6.45, 7) is 0. The van der Waals surface area contributed by atoms with Gasteiger partial charge < -0.3 is 14.8 Å². The minimum Gasteiger partial charge on any atom is -0.493 e. The fraction of sp³-hybridized carbons (Fsp3) is 0.130. The molecule has 1 aliphatic rings. The van der Waals surface area contributed by atoms with Gasteiger partial charge in [0.15, 0.2) is 11.5 Å². The highest BCUT2D eigenvalue weighted by molar-refractivity contribution is 6.31. The predicted molar refractivity (Wildman–Crippen MR) is 117 cm³/mol. The van der Waals surface area contributed by atoms with E-state index in [2.05, 4.69) is 10.7 Å². The highest BCUT2D eigenvalue weighted by Crippen LogP contribution is 2.37. The van der Waals surface area contributed by atoms with Crippen molar-refractivity contribution in [1.29, 1.82) is 0 Å². The number of carbonyl (C=O) groups is 2. The molecule has 0 spiro atoms. The summed E-state index contributed by atoms with van der Waals surface area (Å²) in [6.07, 6.45) is -0.686. The molecule has 3 aromatic rings. The number of methoxy groups -OCH3 is 2. The van der Waals surface area contributed by atoms with E-state index in [1.54, 1.807) is 67.8 Å². The molecular weight excluding hydrogens is 418 g/mol. The minimum absolute atomic E-state index is 0.359. The average Bonchev–Trinajstić information content (AvgIpc) is 2.81. The maximum atomic E-state index is 13.4. The lowest BCUT2D eigenvalue weighted by atomic mass is 10.0. The molecule has 158 valence electrons. The molecule has 0 saturated carbocycles. The monoisotopic (exact) mass is 437 g/mol. The molecule has 2 N–H and O–H groups in total. The van der Waals surface area contributed by atoms with Crippen molar-refractivity contribution in [2.45, 2.75) is 6.17 Å². The van der Waals surface area contributed by atoms with E-state index in [0.717, 1.165) is 0 Å². The minimum atomic E-state index is -0.686. The number of hydrogen-bond acceptors (Lipinski definition) is 5. The topological polar surface area (TPSA) is 79.9 Å². The quantitative estimate of drug-likeness (QED) is 0.623. The number of benzene rings is 3. The highest BCUT2D eigenvalue weighted by atomic mass is 35.5. The Bertz CT molecular complexity index is 1140. The smallest absolute Gasteiger partial charge is 0.276 e. The molecule has 0 aliphatic carbocycles. The largest absolute Gasteiger partial charge is 0.493 e. The van der Waals surface area contributed by atoms with Crippen LogP contribution in [0.1, 0.15) is 32.4 Å². The number of fused-ring (bicyclic) bond motifs is 1. The third kappa shape index (κ3) is 4.00. The Morgan fingerprint density at radius 2 is 1.74 bits per heavy atom. The van der Waals surface area contributed by atoms with Gasteiger partial charge in [-0.05, 0) is 42.5 Å². The van der Waals surface area contributed by atoms with Gasteiger partial charge in [0.25, 0.3) is 11.8 Å². The number of hydrazine groups is 1. The summed E-state index contributed by atoms with van der Waals surface area (Å²) in [5.41, 5.74) is 4.82. The van der Waals surface area contributed by atoms with Crippen LogP contribution in [0.2, 0.25) is 5.02 Å². The summed E-state index contributed by atoms with van der Waals surface area (Å²) < 4.78 is 10.7. The maximum Gasteiger partial charge on any atom is 0.276 e. The summed E-state index contributed by atoms with van der Waals surface area (Å²) in [5.74, 6) is 0.262. The van der Waals surface area contributed by atoms with Crippen molar-refractivity contribution in [1.82, 2.24) is 10.4 Å². The fourth-order valence-corrected chi connectivity index (χ4v) is 3.58. The Hall–Kier alpha value is -3.71. The molecule has 1 unspecified atom stereocenters. The van der Waals surface area contributed by atoms with Gasteiger partial charge in [0.1, 0.15) is 6.17 Å². The second-order valence-electron chi connectivity index (χ2n) is 6.83. The van der Waals surface area contributed by atoms with Gasteiger partial charge in [0.2, 0.25) is 0 Å². The molecule has 1 atom stereocenters. The van der Waals surface area contributed by atoms with E-state index in [-0.39, 0.29) is 5.91 Å². The molecule has 2 amide bonds. The van der Waals surface area contributed by atoms with Gasteiger partial charge >= 0.3 is 0 Å². The molecule has 31 heavy (non-hydrogen) atoms. The lowest BCUT2D eigenvalue weighted by molar-refractivity contribution is 0.0490. The Morgan fingerprint density at radius 3 is 2.45 bits per heavy atom. The van der Waals surface area contributed by atoms with Crippen molar-refractivity contribution in [3.8, 4) is 11.5 Å². The van der Waals surface area contributed by atoms with Crippen LogP contribution >= 0.6 is 11.6 Å². The molecule has 8 heteroatoms. The molecule has 0 fully saturated rings. The molecular formula is C23H20ClN3O4. The molecule has 4 rings (SSSR count). The molecule has 1 aliphatic heterocycles. The van der Waals surface area contributed by atoms with E-state index >= 15 is 0 Å². The third-order valence-corrected chi connectivity index (χ3v) is 5.20. The number of ether oxygens (including phenoxy) is 2. The van der Waals surface area contributed by atoms with Gasteiger partial charge in [-0.25, -0.2) is 5.01 Å². The second kappa shape index (κ2) is 8.57. The van der Waals surface area contributed by atoms with Crippen molar-refractivity contribution in [3.63, 3.8) is 0 Å². The normalized spacial score (nSPS) is 15.0. The summed E-state index contributed by atoms with van der Waals surface area (Å²) in [6, 6.07) is 19.0. The van der Waals surface area contributed by atoms with Crippen LogP contribution in [-0.2, 0) is 0 Å². The van der Waals surface area contributed by atoms with Crippen LogP contribution in [0.4, 0.5) is 5.69 Å². The zero-order chi connectivity index (χ0) is 22.0. The number of nitrogens with zero attached hydrogens (tertiary/aromatic N) is 1. The molecule has 3 aromatic carbocycles. The van der Waals surface area contributed by atoms with Crippen LogP contribution in [0.5, 0.6) is 11.5 Å². The first-order chi connectivity index (χ1) is 15.0. The van der Waals surface area contributed by atoms with Crippen LogP contribution in [0.3, 0.4) is 0 Å². The zero-order valence-electron chi connectivity index (χ0n) is 16.9. The van der Waals surface area contributed by atoms with Crippen LogP contribution < -0.4 is 20.2 Å². The maximum absolute atomic E-state index is 13.4. The van der Waals surface area contributed by atoms with Gasteiger partial charge in [0.05, 0.1) is 19.8 Å². The lowest BCUT2D eigenvalue weighted by Gasteiger charge is -2.38. The molecule has 0 radical (unpaired) electrons. The SMILES string of the molecule is COc1ccc(C2Nc3ccc(Cl)cc3C(=O)N2NC(=O)c2ccccc2)cc1OC. The third-order valence-electron chi connectivity index (χ3n) is 4.96. The van der Waals surface area contributed by atoms with E-state index in [0.29, 0.717) is 38.9 Å². The van der Waals surface area contributed by atoms with Gasteiger partial charge in [-0.1, -0.05) is 35.9 Å². The summed E-state index contributed by atoms with van der Waals surface area (Å²) in [4.78, 5) is 26.2. The van der Waals surface area contributed by atoms with Crippen LogP contribution in [0.25, 0.3) is 0 Å². The number of halogens is 1. The Morgan fingerprint density at radius 1 is 1.00 bits per heavy atom. The van der Waals surface area contributed by atoms with E-state index < -0.39 is 12.1 Å². The van der Waals surface area contributed by atoms with Crippen LogP contribution in [-0.4, -0.2) is 31.0 Å². The summed E-state index contributed by atoms with van der Waals surface area (Å²) in [5, 5.41) is 4.99. The standard InChI is InChI=1S/C23H20ClN3O4/c1-30-19-11-8-15(12-20(19)31-2)21-25-18-10-9-16(24)13-17(18)23(29)27(21)26-22(28)14-6-4-3-5-7-14/h3-13,21,25H,1-2H3,(H,26,28). The number of anilines is 1. The van der Waals surface area contributed by atoms with Crippen molar-refractivity contribution in [2.75, 3.05) is 19.5 Å². The molecule has 0 bridgehead atoms. The molecule has 7 nitrogen and oxygen atoms in total. The fourth-order valence-electron chi connectivity index (χ4n) is 3.41. The highest BCUT2D eigenvalue weighted by Gasteiger charge is 2.35. The van der Waals surface area contributed by atoms with E-state index in [1.165, 1.54) is 12.1 Å². The Balaban J connectivity index is 1.76. The number of amides is 2. The van der Waals surface area contributed by atoms with Crippen molar-refractivity contribution < 1.29 is 19.1 Å². The van der Waals surface area contributed by atoms with Crippen LogP contribution in [0, 0.1) is 0 Å². The van der Waals surface area contributed by atoms with Gasteiger partial charge in [-0.15, -0.1) is 0 Å². The van der Waals surface area contributed by atoms with Crippen LogP contribution in [0.15, 0.2) is 66.7 Å². The first kappa shape index (κ1) is 20.6. The van der Waals surface area contributed by atoms with E-state index in [4.69, 9.17) is 21.1 Å². The lowest BCUT2D eigenvalue weighted by Crippen LogP contribution is -2.52. The van der Waals surface area contributed by atoms with E-state index in [1.807, 2.05) is 6.07 Å². The predicted octanol–water partition coefficient (Wildman–Crippen LogP) is 4.27. The van der Waals surface area contributed by atoms with Gasteiger partial charge in [0, 0.05) is 21.8 Å². The van der Waals surface area contributed by atoms with Crippen molar-refractivity contribution >= 4 is 29.1 Å². The Kier molecular flexibility index (Phi) is 5.68. The number of hydrogen-bond donors (Lipinski definition) is 2. The Labute approximate surface area is 184 Å². The van der Waals surface area contributed by atoms with Gasteiger partial charge in [-0.2, -0.15) is 0 Å². The zero-order valence-corrected chi connectivity index (χ0v) is 17.6. The molecule has 1 heterocycles. The summed E-state index contributed by atoms with van der Waals surface area (Å²) >= 11 is 6.10. The van der Waals surface area contributed by atoms with Crippen molar-refractivity contribution in [3.05, 3.63) is 88.4 Å². The number of rotatable bonds is 5. The number of carbonyl (C=O) groups excluding carboxylic acids is 2. The number of nitrogens with one attached hydrogen (secondary N) is 2. The summed E-state index contributed by atoms with van der Waals surface area (Å²) in [7, 11) is 3.08. The van der Waals surface area contributed by atoms with Crippen molar-refractivity contribution in [2.24, 2.45) is 0 Å². The first-order valence-electron chi connectivity index (χ1n) is 9.49. The average molecular weight is 438 g/mol. The molecule has 0 aromatic heterocycles. The van der Waals surface area contributed by atoms with Gasteiger partial charge in [-0.3, -0.25) is 15.0 Å².